The standard InChI is InChI=1S/C13H23N3O3S/c1-4-7-14-13-6-5-12(10-15-13)20(18,19)16(8-9-17)11(2)3/h5-6,10-11,17H,4,7-9H2,1-3H3,(H,14,15). The van der Waals surface area contributed by atoms with E-state index in [0.29, 0.717) is 5.82 Å². The zero-order valence-electron chi connectivity index (χ0n) is 12.2. The fourth-order valence-corrected chi connectivity index (χ4v) is 3.35. The van der Waals surface area contributed by atoms with Crippen LogP contribution in [0.25, 0.3) is 0 Å². The molecule has 7 heteroatoms. The van der Waals surface area contributed by atoms with E-state index in [1.165, 1.54) is 16.6 Å². The molecule has 0 saturated carbocycles. The zero-order valence-corrected chi connectivity index (χ0v) is 13.0. The summed E-state index contributed by atoms with van der Waals surface area (Å²) in [5.41, 5.74) is 0. The highest BCUT2D eigenvalue weighted by atomic mass is 32.2. The predicted molar refractivity (Wildman–Crippen MR) is 79.1 cm³/mol. The van der Waals surface area contributed by atoms with Gasteiger partial charge in [0.2, 0.25) is 10.0 Å². The third-order valence-corrected chi connectivity index (χ3v) is 4.85. The maximum Gasteiger partial charge on any atom is 0.244 e. The van der Waals surface area contributed by atoms with Crippen LogP contribution in [-0.2, 0) is 10.0 Å². The van der Waals surface area contributed by atoms with Gasteiger partial charge in [0.05, 0.1) is 6.61 Å². The number of anilines is 1. The van der Waals surface area contributed by atoms with Crippen molar-refractivity contribution in [3.8, 4) is 0 Å². The zero-order chi connectivity index (χ0) is 15.2. The van der Waals surface area contributed by atoms with Gasteiger partial charge in [-0.15, -0.1) is 0 Å². The molecule has 0 radical (unpaired) electrons. The number of aliphatic hydroxyl groups excluding tert-OH is 1. The first kappa shape index (κ1) is 16.9. The lowest BCUT2D eigenvalue weighted by atomic mass is 10.4. The Labute approximate surface area is 120 Å². The number of hydrogen-bond donors (Lipinski definition) is 2. The van der Waals surface area contributed by atoms with Crippen molar-refractivity contribution in [1.29, 1.82) is 0 Å². The lowest BCUT2D eigenvalue weighted by Gasteiger charge is -2.24. The summed E-state index contributed by atoms with van der Waals surface area (Å²) in [5.74, 6) is 0.657. The van der Waals surface area contributed by atoms with Gasteiger partial charge in [-0.05, 0) is 32.4 Å². The molecule has 2 N–H and O–H groups in total. The van der Waals surface area contributed by atoms with Gasteiger partial charge >= 0.3 is 0 Å². The van der Waals surface area contributed by atoms with E-state index in [-0.39, 0.29) is 24.1 Å². The summed E-state index contributed by atoms with van der Waals surface area (Å²) in [5, 5.41) is 12.1. The van der Waals surface area contributed by atoms with Crippen LogP contribution in [0.1, 0.15) is 27.2 Å². The van der Waals surface area contributed by atoms with Gasteiger partial charge < -0.3 is 10.4 Å². The van der Waals surface area contributed by atoms with Crippen molar-refractivity contribution in [2.75, 3.05) is 25.0 Å². The highest BCUT2D eigenvalue weighted by molar-refractivity contribution is 7.89. The van der Waals surface area contributed by atoms with Gasteiger partial charge in [0.25, 0.3) is 0 Å². The molecule has 0 aliphatic rings. The maximum atomic E-state index is 12.4. The molecule has 0 bridgehead atoms. The first-order valence-electron chi connectivity index (χ1n) is 6.76. The molecule has 1 rings (SSSR count). The van der Waals surface area contributed by atoms with Gasteiger partial charge in [0.1, 0.15) is 10.7 Å². The molecule has 20 heavy (non-hydrogen) atoms. The largest absolute Gasteiger partial charge is 0.395 e. The van der Waals surface area contributed by atoms with Crippen molar-refractivity contribution in [2.45, 2.75) is 38.1 Å². The number of aromatic nitrogens is 1. The number of aliphatic hydroxyl groups is 1. The van der Waals surface area contributed by atoms with Crippen molar-refractivity contribution in [2.24, 2.45) is 0 Å². The number of pyridine rings is 1. The fraction of sp³-hybridized carbons (Fsp3) is 0.615. The van der Waals surface area contributed by atoms with Crippen molar-refractivity contribution in [1.82, 2.24) is 9.29 Å². The van der Waals surface area contributed by atoms with Crippen molar-refractivity contribution in [3.63, 3.8) is 0 Å². The Morgan fingerprint density at radius 2 is 2.10 bits per heavy atom. The SMILES string of the molecule is CCCNc1ccc(S(=O)(=O)N(CCO)C(C)C)cn1. The van der Waals surface area contributed by atoms with E-state index in [1.807, 2.05) is 6.92 Å². The molecule has 0 saturated heterocycles. The number of rotatable bonds is 8. The van der Waals surface area contributed by atoms with Crippen LogP contribution in [0, 0.1) is 0 Å². The molecule has 0 spiro atoms. The van der Waals surface area contributed by atoms with Crippen LogP contribution >= 0.6 is 0 Å². The Balaban J connectivity index is 2.96. The number of hydrogen-bond acceptors (Lipinski definition) is 5. The molecule has 0 aromatic carbocycles. The minimum atomic E-state index is -3.62. The number of nitrogens with zero attached hydrogens (tertiary/aromatic N) is 2. The van der Waals surface area contributed by atoms with Gasteiger partial charge in [-0.2, -0.15) is 4.31 Å². The molecule has 0 aliphatic heterocycles. The van der Waals surface area contributed by atoms with Gasteiger partial charge in [-0.3, -0.25) is 0 Å². The topological polar surface area (TPSA) is 82.5 Å². The second-order valence-corrected chi connectivity index (χ2v) is 6.63. The Hall–Kier alpha value is -1.18. The second-order valence-electron chi connectivity index (χ2n) is 4.74. The Morgan fingerprint density at radius 3 is 2.55 bits per heavy atom. The fourth-order valence-electron chi connectivity index (χ4n) is 1.78. The molecule has 0 atom stereocenters. The third-order valence-electron chi connectivity index (χ3n) is 2.80. The molecule has 1 aromatic heterocycles. The van der Waals surface area contributed by atoms with Gasteiger partial charge in [0, 0.05) is 25.3 Å². The molecular weight excluding hydrogens is 278 g/mol. The van der Waals surface area contributed by atoms with Crippen LogP contribution in [0.5, 0.6) is 0 Å². The van der Waals surface area contributed by atoms with E-state index < -0.39 is 10.0 Å². The Bertz CT molecular complexity index is 500. The van der Waals surface area contributed by atoms with Crippen LogP contribution in [-0.4, -0.2) is 48.6 Å². The smallest absolute Gasteiger partial charge is 0.244 e. The molecule has 0 fully saturated rings. The van der Waals surface area contributed by atoms with Crippen LogP contribution in [0.3, 0.4) is 0 Å². The molecule has 6 nitrogen and oxygen atoms in total. The van der Waals surface area contributed by atoms with Crippen LogP contribution < -0.4 is 5.32 Å². The number of nitrogens with one attached hydrogen (secondary N) is 1. The summed E-state index contributed by atoms with van der Waals surface area (Å²) in [7, 11) is -3.62. The minimum Gasteiger partial charge on any atom is -0.395 e. The Kier molecular flexibility index (Phi) is 6.38. The van der Waals surface area contributed by atoms with E-state index in [9.17, 15) is 8.42 Å². The molecular formula is C13H23N3O3S. The average Bonchev–Trinajstić information content (AvgIpc) is 2.42. The Morgan fingerprint density at radius 1 is 1.40 bits per heavy atom. The highest BCUT2D eigenvalue weighted by Crippen LogP contribution is 2.18. The molecule has 1 aromatic rings. The average molecular weight is 301 g/mol. The maximum absolute atomic E-state index is 12.4. The van der Waals surface area contributed by atoms with Crippen LogP contribution in [0.2, 0.25) is 0 Å². The van der Waals surface area contributed by atoms with Crippen molar-refractivity contribution >= 4 is 15.8 Å². The summed E-state index contributed by atoms with van der Waals surface area (Å²) in [6, 6.07) is 2.97. The van der Waals surface area contributed by atoms with Crippen LogP contribution in [0.4, 0.5) is 5.82 Å². The summed E-state index contributed by atoms with van der Waals surface area (Å²) in [6.45, 7) is 6.26. The highest BCUT2D eigenvalue weighted by Gasteiger charge is 2.26. The normalized spacial score (nSPS) is 12.1. The van der Waals surface area contributed by atoms with E-state index in [1.54, 1.807) is 19.9 Å². The van der Waals surface area contributed by atoms with E-state index in [0.717, 1.165) is 13.0 Å². The minimum absolute atomic E-state index is 0.0792. The molecule has 1 heterocycles. The molecule has 0 aliphatic carbocycles. The molecule has 0 unspecified atom stereocenters. The van der Waals surface area contributed by atoms with Gasteiger partial charge in [-0.1, -0.05) is 6.92 Å². The van der Waals surface area contributed by atoms with E-state index >= 15 is 0 Å². The summed E-state index contributed by atoms with van der Waals surface area (Å²) >= 11 is 0. The second kappa shape index (κ2) is 7.56. The van der Waals surface area contributed by atoms with E-state index in [2.05, 4.69) is 10.3 Å². The van der Waals surface area contributed by atoms with Gasteiger partial charge in [0.15, 0.2) is 0 Å². The van der Waals surface area contributed by atoms with Crippen LogP contribution in [0.15, 0.2) is 23.2 Å². The first-order chi connectivity index (χ1) is 9.43. The number of sulfonamides is 1. The van der Waals surface area contributed by atoms with Crippen molar-refractivity contribution in [3.05, 3.63) is 18.3 Å². The van der Waals surface area contributed by atoms with Crippen molar-refractivity contribution < 1.29 is 13.5 Å². The summed E-state index contributed by atoms with van der Waals surface area (Å²) in [4.78, 5) is 4.25. The summed E-state index contributed by atoms with van der Waals surface area (Å²) < 4.78 is 26.2. The lowest BCUT2D eigenvalue weighted by molar-refractivity contribution is 0.236. The first-order valence-corrected chi connectivity index (χ1v) is 8.20. The van der Waals surface area contributed by atoms with Gasteiger partial charge in [-0.25, -0.2) is 13.4 Å². The molecule has 114 valence electrons. The summed E-state index contributed by atoms with van der Waals surface area (Å²) in [6.07, 6.45) is 2.32. The lowest BCUT2D eigenvalue weighted by Crippen LogP contribution is -2.39. The predicted octanol–water partition coefficient (Wildman–Crippen LogP) is 1.29. The quantitative estimate of drug-likeness (QED) is 0.756. The monoisotopic (exact) mass is 301 g/mol. The molecule has 0 amide bonds. The third kappa shape index (κ3) is 4.16. The van der Waals surface area contributed by atoms with E-state index in [4.69, 9.17) is 5.11 Å².